The number of fused-ring (bicyclic) bond motifs is 1. The summed E-state index contributed by atoms with van der Waals surface area (Å²) < 4.78 is 26.6. The van der Waals surface area contributed by atoms with E-state index in [0.29, 0.717) is 5.02 Å². The molecule has 0 aliphatic carbocycles. The van der Waals surface area contributed by atoms with E-state index in [1.54, 1.807) is 24.3 Å². The van der Waals surface area contributed by atoms with E-state index in [2.05, 4.69) is 0 Å². The Balaban J connectivity index is 2.05. The van der Waals surface area contributed by atoms with Gasteiger partial charge in [0.25, 0.3) is 0 Å². The topological polar surface area (TPSA) is 77.5 Å². The first-order valence-electron chi connectivity index (χ1n) is 6.94. The molecule has 120 valence electrons. The van der Waals surface area contributed by atoms with E-state index >= 15 is 0 Å². The summed E-state index contributed by atoms with van der Waals surface area (Å²) in [7, 11) is -3.96. The number of hydrogen-bond acceptors (Lipinski definition) is 4. The van der Waals surface area contributed by atoms with Crippen LogP contribution in [0.4, 0.5) is 0 Å². The predicted molar refractivity (Wildman–Crippen MR) is 83.1 cm³/mol. The van der Waals surface area contributed by atoms with Crippen molar-refractivity contribution in [2.24, 2.45) is 0 Å². The monoisotopic (exact) mass is 350 g/mol. The molecule has 0 saturated heterocycles. The lowest BCUT2D eigenvalue weighted by molar-refractivity contribution is -0.310. The van der Waals surface area contributed by atoms with Gasteiger partial charge < -0.3 is 9.90 Å². The smallest absolute Gasteiger partial charge is 0.243 e. The van der Waals surface area contributed by atoms with Gasteiger partial charge in [0.15, 0.2) is 0 Å². The van der Waals surface area contributed by atoms with Crippen LogP contribution in [0.1, 0.15) is 11.1 Å². The van der Waals surface area contributed by atoms with Crippen molar-refractivity contribution in [1.82, 2.24) is 4.31 Å². The summed E-state index contributed by atoms with van der Waals surface area (Å²) in [5.41, 5.74) is 1.62. The maximum atomic E-state index is 12.8. The van der Waals surface area contributed by atoms with Crippen LogP contribution in [0.15, 0.2) is 53.4 Å². The van der Waals surface area contributed by atoms with Crippen LogP contribution in [0.3, 0.4) is 0 Å². The van der Waals surface area contributed by atoms with Crippen molar-refractivity contribution >= 4 is 27.6 Å². The summed E-state index contributed by atoms with van der Waals surface area (Å²) in [5, 5.41) is 11.9. The highest BCUT2D eigenvalue weighted by Crippen LogP contribution is 2.29. The molecule has 0 radical (unpaired) electrons. The lowest BCUT2D eigenvalue weighted by Crippen LogP contribution is -2.53. The normalized spacial score (nSPS) is 18.4. The molecule has 0 unspecified atom stereocenters. The summed E-state index contributed by atoms with van der Waals surface area (Å²) >= 11 is 5.78. The fourth-order valence-electron chi connectivity index (χ4n) is 2.69. The van der Waals surface area contributed by atoms with Crippen molar-refractivity contribution in [1.29, 1.82) is 0 Å². The van der Waals surface area contributed by atoms with Gasteiger partial charge in [-0.2, -0.15) is 4.31 Å². The Morgan fingerprint density at radius 1 is 1.09 bits per heavy atom. The average Bonchev–Trinajstić information content (AvgIpc) is 2.54. The minimum Gasteiger partial charge on any atom is -0.548 e. The first-order chi connectivity index (χ1) is 10.9. The van der Waals surface area contributed by atoms with Gasteiger partial charge in [-0.1, -0.05) is 35.9 Å². The molecule has 0 bridgehead atoms. The van der Waals surface area contributed by atoms with Crippen LogP contribution in [0.2, 0.25) is 5.02 Å². The molecule has 23 heavy (non-hydrogen) atoms. The highest BCUT2D eigenvalue weighted by molar-refractivity contribution is 7.89. The number of carbonyl (C=O) groups is 1. The number of hydrogen-bond donors (Lipinski definition) is 0. The SMILES string of the molecule is O=C([O-])[C@H]1Cc2ccccc2CN1S(=O)(=O)c1ccc(Cl)cc1. The van der Waals surface area contributed by atoms with Gasteiger partial charge in [0, 0.05) is 11.6 Å². The predicted octanol–water partition coefficient (Wildman–Crippen LogP) is 1.21. The first-order valence-corrected chi connectivity index (χ1v) is 8.76. The van der Waals surface area contributed by atoms with E-state index in [1.807, 2.05) is 0 Å². The standard InChI is InChI=1S/C16H14ClNO4S/c17-13-5-7-14(8-6-13)23(21,22)18-10-12-4-2-1-3-11(12)9-15(18)16(19)20/h1-8,15H,9-10H2,(H,19,20)/p-1/t15-/m1/s1. The highest BCUT2D eigenvalue weighted by atomic mass is 35.5. The molecule has 1 heterocycles. The summed E-state index contributed by atoms with van der Waals surface area (Å²) in [6, 6.07) is 11.6. The van der Waals surface area contributed by atoms with Crippen molar-refractivity contribution in [3.05, 3.63) is 64.7 Å². The zero-order valence-electron chi connectivity index (χ0n) is 12.0. The maximum Gasteiger partial charge on any atom is 0.243 e. The number of sulfonamides is 1. The Morgan fingerprint density at radius 2 is 1.70 bits per heavy atom. The molecule has 0 fully saturated rings. The van der Waals surface area contributed by atoms with E-state index in [4.69, 9.17) is 11.6 Å². The number of halogens is 1. The third-order valence-corrected chi connectivity index (χ3v) is 6.02. The summed E-state index contributed by atoms with van der Waals surface area (Å²) in [5.74, 6) is -1.41. The lowest BCUT2D eigenvalue weighted by atomic mass is 9.96. The van der Waals surface area contributed by atoms with Crippen LogP contribution >= 0.6 is 11.6 Å². The molecule has 2 aromatic carbocycles. The van der Waals surface area contributed by atoms with Crippen LogP contribution in [0, 0.1) is 0 Å². The third-order valence-electron chi connectivity index (χ3n) is 3.90. The van der Waals surface area contributed by atoms with Gasteiger partial charge in [-0.15, -0.1) is 0 Å². The number of aliphatic carboxylic acids is 1. The fraction of sp³-hybridized carbons (Fsp3) is 0.188. The first kappa shape index (κ1) is 16.0. The van der Waals surface area contributed by atoms with Gasteiger partial charge >= 0.3 is 0 Å². The van der Waals surface area contributed by atoms with Crippen LogP contribution in [0.25, 0.3) is 0 Å². The number of carbonyl (C=O) groups excluding carboxylic acids is 1. The Hall–Kier alpha value is -1.89. The molecule has 2 aromatic rings. The van der Waals surface area contributed by atoms with Crippen molar-refractivity contribution in [3.8, 4) is 0 Å². The molecule has 0 N–H and O–H groups in total. The van der Waals surface area contributed by atoms with Gasteiger partial charge in [-0.25, -0.2) is 8.42 Å². The number of nitrogens with zero attached hydrogens (tertiary/aromatic N) is 1. The average molecular weight is 351 g/mol. The van der Waals surface area contributed by atoms with E-state index < -0.39 is 22.0 Å². The molecule has 0 aromatic heterocycles. The van der Waals surface area contributed by atoms with Crippen LogP contribution in [-0.4, -0.2) is 24.7 Å². The van der Waals surface area contributed by atoms with E-state index in [9.17, 15) is 18.3 Å². The quantitative estimate of drug-likeness (QED) is 0.833. The zero-order valence-corrected chi connectivity index (χ0v) is 13.5. The summed E-state index contributed by atoms with van der Waals surface area (Å²) in [6.07, 6.45) is 0.0886. The molecule has 0 saturated carbocycles. The second kappa shape index (κ2) is 5.96. The van der Waals surface area contributed by atoms with Crippen LogP contribution in [-0.2, 0) is 27.8 Å². The van der Waals surface area contributed by atoms with Crippen LogP contribution < -0.4 is 5.11 Å². The van der Waals surface area contributed by atoms with E-state index in [0.717, 1.165) is 15.4 Å². The van der Waals surface area contributed by atoms with Gasteiger partial charge in [0.2, 0.25) is 10.0 Å². The van der Waals surface area contributed by atoms with Crippen molar-refractivity contribution in [3.63, 3.8) is 0 Å². The van der Waals surface area contributed by atoms with Gasteiger partial charge in [0.05, 0.1) is 16.9 Å². The highest BCUT2D eigenvalue weighted by Gasteiger charge is 2.36. The van der Waals surface area contributed by atoms with Crippen molar-refractivity contribution in [2.45, 2.75) is 23.9 Å². The van der Waals surface area contributed by atoms with E-state index in [-0.39, 0.29) is 17.9 Å². The number of carboxylic acid groups (broad SMARTS) is 1. The third kappa shape index (κ3) is 2.97. The largest absolute Gasteiger partial charge is 0.548 e. The molecule has 3 rings (SSSR count). The van der Waals surface area contributed by atoms with Crippen molar-refractivity contribution < 1.29 is 18.3 Å². The Kier molecular flexibility index (Phi) is 4.14. The molecular formula is C16H13ClNO4S-. The number of rotatable bonds is 3. The van der Waals surface area contributed by atoms with Crippen LogP contribution in [0.5, 0.6) is 0 Å². The van der Waals surface area contributed by atoms with E-state index in [1.165, 1.54) is 24.3 Å². The summed E-state index contributed by atoms with van der Waals surface area (Å²) in [4.78, 5) is 11.5. The Labute approximate surface area is 139 Å². The molecule has 5 nitrogen and oxygen atoms in total. The van der Waals surface area contributed by atoms with Crippen molar-refractivity contribution in [2.75, 3.05) is 0 Å². The molecule has 0 spiro atoms. The Morgan fingerprint density at radius 3 is 2.30 bits per heavy atom. The zero-order chi connectivity index (χ0) is 16.6. The molecule has 0 amide bonds. The molecular weight excluding hydrogens is 338 g/mol. The molecule has 1 atom stereocenters. The second-order valence-electron chi connectivity index (χ2n) is 5.31. The summed E-state index contributed by atoms with van der Waals surface area (Å²) in [6.45, 7) is -0.000218. The second-order valence-corrected chi connectivity index (χ2v) is 7.64. The minimum atomic E-state index is -3.96. The lowest BCUT2D eigenvalue weighted by Gasteiger charge is -2.36. The minimum absolute atomic E-state index is 0.000218. The maximum absolute atomic E-state index is 12.8. The molecule has 1 aliphatic heterocycles. The fourth-order valence-corrected chi connectivity index (χ4v) is 4.38. The van der Waals surface area contributed by atoms with Gasteiger partial charge in [-0.3, -0.25) is 0 Å². The van der Waals surface area contributed by atoms with Gasteiger partial charge in [-0.05, 0) is 41.8 Å². The number of carboxylic acids is 1. The molecule has 7 heteroatoms. The van der Waals surface area contributed by atoms with Gasteiger partial charge in [0.1, 0.15) is 0 Å². The molecule has 1 aliphatic rings. The Bertz CT molecular complexity index is 849. The number of benzene rings is 2.